The fourth-order valence-corrected chi connectivity index (χ4v) is 3.75. The van der Waals surface area contributed by atoms with Gasteiger partial charge in [0, 0.05) is 11.9 Å². The van der Waals surface area contributed by atoms with Crippen molar-refractivity contribution in [3.05, 3.63) is 93.7 Å². The van der Waals surface area contributed by atoms with Crippen molar-refractivity contribution >= 4 is 23.3 Å². The van der Waals surface area contributed by atoms with Gasteiger partial charge in [-0.25, -0.2) is 4.79 Å². The number of amides is 3. The summed E-state index contributed by atoms with van der Waals surface area (Å²) in [6.45, 7) is 2.04. The number of aryl methyl sites for hydroxylation is 1. The van der Waals surface area contributed by atoms with Crippen molar-refractivity contribution in [2.24, 2.45) is 0 Å². The van der Waals surface area contributed by atoms with Crippen LogP contribution in [0, 0.1) is 6.92 Å². The first-order chi connectivity index (χ1) is 13.6. The van der Waals surface area contributed by atoms with Gasteiger partial charge in [0.05, 0.1) is 6.04 Å². The highest BCUT2D eigenvalue weighted by molar-refractivity contribution is 7.10. The standard InChI is InChI=1S/C22H23N3O2S/c1-15-10-12-17(13-11-15)19(18-9-6-14-28-18)24-20(16-7-4-3-5-8-16)21(26)25-22(27)23-2/h3-14,19-20,24H,1-2H3,(H2,23,25,26,27)/t19-,20+/m0/s1. The number of imide groups is 1. The molecule has 1 heterocycles. The highest BCUT2D eigenvalue weighted by Gasteiger charge is 2.27. The number of rotatable bonds is 6. The van der Waals surface area contributed by atoms with Crippen molar-refractivity contribution in [1.82, 2.24) is 16.0 Å². The van der Waals surface area contributed by atoms with Crippen LogP contribution in [0.25, 0.3) is 0 Å². The molecule has 3 aromatic rings. The predicted octanol–water partition coefficient (Wildman–Crippen LogP) is 3.93. The van der Waals surface area contributed by atoms with Crippen molar-refractivity contribution in [2.75, 3.05) is 7.05 Å². The Morgan fingerprint density at radius 3 is 2.21 bits per heavy atom. The highest BCUT2D eigenvalue weighted by Crippen LogP contribution is 2.29. The number of hydrogen-bond acceptors (Lipinski definition) is 4. The van der Waals surface area contributed by atoms with E-state index in [9.17, 15) is 9.59 Å². The first-order valence-electron chi connectivity index (χ1n) is 9.02. The molecular weight excluding hydrogens is 370 g/mol. The van der Waals surface area contributed by atoms with E-state index in [4.69, 9.17) is 0 Å². The van der Waals surface area contributed by atoms with E-state index in [1.165, 1.54) is 12.6 Å². The SMILES string of the molecule is CNC(=O)NC(=O)[C@H](N[C@@H](c1ccc(C)cc1)c1cccs1)c1ccccc1. The molecule has 0 saturated heterocycles. The van der Waals surface area contributed by atoms with E-state index in [-0.39, 0.29) is 6.04 Å². The van der Waals surface area contributed by atoms with Gasteiger partial charge in [0.2, 0.25) is 5.91 Å². The topological polar surface area (TPSA) is 70.2 Å². The molecule has 0 radical (unpaired) electrons. The fraction of sp³-hybridized carbons (Fsp3) is 0.182. The van der Waals surface area contributed by atoms with Crippen LogP contribution in [0.3, 0.4) is 0 Å². The third-order valence-electron chi connectivity index (χ3n) is 4.43. The van der Waals surface area contributed by atoms with Crippen LogP contribution in [0.5, 0.6) is 0 Å². The number of hydrogen-bond donors (Lipinski definition) is 3. The minimum absolute atomic E-state index is 0.179. The lowest BCUT2D eigenvalue weighted by Gasteiger charge is -2.25. The molecule has 3 amide bonds. The Bertz CT molecular complexity index is 909. The maximum absolute atomic E-state index is 12.9. The van der Waals surface area contributed by atoms with Gasteiger partial charge >= 0.3 is 6.03 Å². The molecular formula is C22H23N3O2S. The Kier molecular flexibility index (Phi) is 6.57. The van der Waals surface area contributed by atoms with Crippen molar-refractivity contribution < 1.29 is 9.59 Å². The summed E-state index contributed by atoms with van der Waals surface area (Å²) >= 11 is 1.62. The van der Waals surface area contributed by atoms with E-state index in [0.29, 0.717) is 0 Å². The maximum Gasteiger partial charge on any atom is 0.321 e. The maximum atomic E-state index is 12.9. The normalized spacial score (nSPS) is 12.8. The smallest absolute Gasteiger partial charge is 0.321 e. The molecule has 28 heavy (non-hydrogen) atoms. The van der Waals surface area contributed by atoms with Crippen LogP contribution in [0.4, 0.5) is 4.79 Å². The summed E-state index contributed by atoms with van der Waals surface area (Å²) in [5, 5.41) is 10.3. The van der Waals surface area contributed by atoms with E-state index < -0.39 is 18.0 Å². The first-order valence-corrected chi connectivity index (χ1v) is 9.90. The van der Waals surface area contributed by atoms with Crippen LogP contribution < -0.4 is 16.0 Å². The predicted molar refractivity (Wildman–Crippen MR) is 112 cm³/mol. The zero-order chi connectivity index (χ0) is 19.9. The second-order valence-electron chi connectivity index (χ2n) is 6.44. The van der Waals surface area contributed by atoms with Gasteiger partial charge in [0.1, 0.15) is 6.04 Å². The van der Waals surface area contributed by atoms with Gasteiger partial charge in [-0.1, -0.05) is 66.2 Å². The molecule has 1 aromatic heterocycles. The Morgan fingerprint density at radius 1 is 0.893 bits per heavy atom. The summed E-state index contributed by atoms with van der Waals surface area (Å²) in [4.78, 5) is 25.7. The van der Waals surface area contributed by atoms with Gasteiger partial charge in [-0.2, -0.15) is 0 Å². The van der Waals surface area contributed by atoms with Gasteiger partial charge in [0.25, 0.3) is 0 Å². The lowest BCUT2D eigenvalue weighted by atomic mass is 9.99. The molecule has 0 spiro atoms. The molecule has 2 atom stereocenters. The van der Waals surface area contributed by atoms with Crippen LogP contribution in [0.15, 0.2) is 72.1 Å². The van der Waals surface area contributed by atoms with Gasteiger partial charge in [-0.05, 0) is 29.5 Å². The molecule has 3 rings (SSSR count). The van der Waals surface area contributed by atoms with Crippen LogP contribution in [0.2, 0.25) is 0 Å². The van der Waals surface area contributed by atoms with Crippen molar-refractivity contribution in [1.29, 1.82) is 0 Å². The van der Waals surface area contributed by atoms with Crippen LogP contribution in [0.1, 0.15) is 33.7 Å². The number of thiophene rings is 1. The summed E-state index contributed by atoms with van der Waals surface area (Å²) in [6.07, 6.45) is 0. The zero-order valence-electron chi connectivity index (χ0n) is 15.8. The quantitative estimate of drug-likeness (QED) is 0.594. The molecule has 0 aliphatic rings. The van der Waals surface area contributed by atoms with Gasteiger partial charge in [-0.3, -0.25) is 15.4 Å². The summed E-state index contributed by atoms with van der Waals surface area (Å²) in [5.41, 5.74) is 3.02. The minimum atomic E-state index is -0.688. The molecule has 0 bridgehead atoms. The average Bonchev–Trinajstić information content (AvgIpc) is 3.24. The number of nitrogens with one attached hydrogen (secondary N) is 3. The molecule has 2 aromatic carbocycles. The fourth-order valence-electron chi connectivity index (χ4n) is 2.94. The number of carbonyl (C=O) groups excluding carboxylic acids is 2. The Hall–Kier alpha value is -2.96. The van der Waals surface area contributed by atoms with Crippen molar-refractivity contribution in [3.63, 3.8) is 0 Å². The minimum Gasteiger partial charge on any atom is -0.341 e. The molecule has 3 N–H and O–H groups in total. The Balaban J connectivity index is 1.96. The number of carbonyl (C=O) groups is 2. The van der Waals surface area contributed by atoms with E-state index in [1.807, 2.05) is 54.8 Å². The van der Waals surface area contributed by atoms with Gasteiger partial charge in [0.15, 0.2) is 0 Å². The van der Waals surface area contributed by atoms with E-state index in [0.717, 1.165) is 16.0 Å². The van der Waals surface area contributed by atoms with Gasteiger partial charge < -0.3 is 5.32 Å². The third-order valence-corrected chi connectivity index (χ3v) is 5.37. The highest BCUT2D eigenvalue weighted by atomic mass is 32.1. The zero-order valence-corrected chi connectivity index (χ0v) is 16.6. The second-order valence-corrected chi connectivity index (χ2v) is 7.42. The first kappa shape index (κ1) is 19.8. The molecule has 0 fully saturated rings. The Labute approximate surface area is 168 Å². The Morgan fingerprint density at radius 2 is 1.61 bits per heavy atom. The van der Waals surface area contributed by atoms with Crippen LogP contribution in [-0.2, 0) is 4.79 Å². The van der Waals surface area contributed by atoms with E-state index >= 15 is 0 Å². The van der Waals surface area contributed by atoms with E-state index in [1.54, 1.807) is 11.3 Å². The monoisotopic (exact) mass is 393 g/mol. The van der Waals surface area contributed by atoms with Crippen molar-refractivity contribution in [3.8, 4) is 0 Å². The summed E-state index contributed by atoms with van der Waals surface area (Å²) < 4.78 is 0. The van der Waals surface area contributed by atoms with Gasteiger partial charge in [-0.15, -0.1) is 11.3 Å². The second kappa shape index (κ2) is 9.30. The number of urea groups is 1. The summed E-state index contributed by atoms with van der Waals surface area (Å²) in [5.74, 6) is -0.404. The molecule has 5 nitrogen and oxygen atoms in total. The lowest BCUT2D eigenvalue weighted by Crippen LogP contribution is -2.45. The largest absolute Gasteiger partial charge is 0.341 e. The molecule has 0 unspecified atom stereocenters. The third kappa shape index (κ3) is 4.85. The average molecular weight is 394 g/mol. The number of benzene rings is 2. The van der Waals surface area contributed by atoms with E-state index in [2.05, 4.69) is 40.2 Å². The summed E-state index contributed by atoms with van der Waals surface area (Å²) in [6, 6.07) is 20.3. The molecule has 144 valence electrons. The van der Waals surface area contributed by atoms with Crippen molar-refractivity contribution in [2.45, 2.75) is 19.0 Å². The molecule has 6 heteroatoms. The van der Waals surface area contributed by atoms with Crippen LogP contribution >= 0.6 is 11.3 Å². The molecule has 0 saturated carbocycles. The summed E-state index contributed by atoms with van der Waals surface area (Å²) in [7, 11) is 1.48. The lowest BCUT2D eigenvalue weighted by molar-refractivity contribution is -0.122. The molecule has 0 aliphatic carbocycles. The van der Waals surface area contributed by atoms with Crippen LogP contribution in [-0.4, -0.2) is 19.0 Å². The molecule has 0 aliphatic heterocycles.